The lowest BCUT2D eigenvalue weighted by molar-refractivity contribution is 0.0599. The number of imidazole rings is 1. The topological polar surface area (TPSA) is 85.6 Å². The average molecular weight is 340 g/mol. The Morgan fingerprint density at radius 2 is 2.24 bits per heavy atom. The van der Waals surface area contributed by atoms with E-state index >= 15 is 0 Å². The van der Waals surface area contributed by atoms with E-state index in [0.717, 1.165) is 24.0 Å². The zero-order valence-electron chi connectivity index (χ0n) is 14.3. The predicted octanol–water partition coefficient (Wildman–Crippen LogP) is 2.25. The highest BCUT2D eigenvalue weighted by Gasteiger charge is 2.19. The first kappa shape index (κ1) is 16.9. The van der Waals surface area contributed by atoms with Crippen molar-refractivity contribution < 1.29 is 14.3 Å². The van der Waals surface area contributed by atoms with E-state index in [0.29, 0.717) is 23.6 Å². The second-order valence-electron chi connectivity index (χ2n) is 5.93. The number of anilines is 1. The van der Waals surface area contributed by atoms with Crippen LogP contribution in [0.15, 0.2) is 29.5 Å². The van der Waals surface area contributed by atoms with Crippen LogP contribution in [0.25, 0.3) is 0 Å². The standard InChI is InChI=1S/C18H20N4O3/c1-12-5-6-13(14(8-12)18(24)25-2)4-3-7-22-11-21-16-15(23)9-19-10-20-17(16)22/h5-6,8,10-11H,3-4,7,9H2,1-2H3,(H,19,20). The summed E-state index contributed by atoms with van der Waals surface area (Å²) in [6.45, 7) is 2.73. The molecule has 130 valence electrons. The summed E-state index contributed by atoms with van der Waals surface area (Å²) in [7, 11) is 1.39. The molecule has 25 heavy (non-hydrogen) atoms. The fourth-order valence-corrected chi connectivity index (χ4v) is 2.87. The molecule has 2 aromatic rings. The first-order valence-corrected chi connectivity index (χ1v) is 8.11. The Labute approximate surface area is 145 Å². The predicted molar refractivity (Wildman–Crippen MR) is 94.4 cm³/mol. The number of aryl methyl sites for hydroxylation is 3. The van der Waals surface area contributed by atoms with E-state index in [1.165, 1.54) is 13.4 Å². The number of ether oxygens (including phenoxy) is 1. The van der Waals surface area contributed by atoms with Crippen LogP contribution >= 0.6 is 0 Å². The number of nitrogens with one attached hydrogen (secondary N) is 1. The molecule has 0 atom stereocenters. The van der Waals surface area contributed by atoms with Crippen molar-refractivity contribution in [2.75, 3.05) is 19.0 Å². The lowest BCUT2D eigenvalue weighted by Gasteiger charge is -2.11. The molecular weight excluding hydrogens is 320 g/mol. The molecule has 0 saturated heterocycles. The zero-order valence-corrected chi connectivity index (χ0v) is 14.3. The number of fused-ring (bicyclic) bond motifs is 1. The van der Waals surface area contributed by atoms with Gasteiger partial charge in [0.1, 0.15) is 12.4 Å². The summed E-state index contributed by atoms with van der Waals surface area (Å²) >= 11 is 0. The molecule has 1 aliphatic rings. The van der Waals surface area contributed by atoms with Crippen molar-refractivity contribution in [3.05, 3.63) is 46.9 Å². The average Bonchev–Trinajstić information content (AvgIpc) is 2.92. The SMILES string of the molecule is COC(=O)c1cc(C)ccc1CCCn1cnc2c1NC=NCC2=O. The van der Waals surface area contributed by atoms with E-state index in [1.807, 2.05) is 29.7 Å². The van der Waals surface area contributed by atoms with Crippen molar-refractivity contribution in [1.29, 1.82) is 0 Å². The van der Waals surface area contributed by atoms with Crippen LogP contribution in [0.2, 0.25) is 0 Å². The number of benzene rings is 1. The number of ketones is 1. The summed E-state index contributed by atoms with van der Waals surface area (Å²) in [5, 5.41) is 3.01. The third-order valence-electron chi connectivity index (χ3n) is 4.15. The normalized spacial score (nSPS) is 13.1. The number of carbonyl (C=O) groups excluding carboxylic acids is 2. The summed E-state index contributed by atoms with van der Waals surface area (Å²) < 4.78 is 6.77. The van der Waals surface area contributed by atoms with Crippen LogP contribution in [-0.2, 0) is 17.7 Å². The number of aliphatic imine (C=N–C) groups is 1. The number of methoxy groups -OCH3 is 1. The van der Waals surface area contributed by atoms with E-state index < -0.39 is 0 Å². The number of rotatable bonds is 5. The Morgan fingerprint density at radius 3 is 3.04 bits per heavy atom. The number of carbonyl (C=O) groups is 2. The van der Waals surface area contributed by atoms with Crippen molar-refractivity contribution in [3.63, 3.8) is 0 Å². The lowest BCUT2D eigenvalue weighted by atomic mass is 10.0. The number of Topliss-reactive ketones (excluding diaryl/α,β-unsaturated/α-hetero) is 1. The minimum Gasteiger partial charge on any atom is -0.465 e. The summed E-state index contributed by atoms with van der Waals surface area (Å²) in [4.78, 5) is 32.0. The van der Waals surface area contributed by atoms with E-state index in [9.17, 15) is 9.59 Å². The molecule has 1 aromatic heterocycles. The second-order valence-corrected chi connectivity index (χ2v) is 5.93. The maximum atomic E-state index is 11.9. The van der Waals surface area contributed by atoms with Crippen molar-refractivity contribution >= 4 is 23.9 Å². The van der Waals surface area contributed by atoms with Gasteiger partial charge in [-0.1, -0.05) is 17.7 Å². The highest BCUT2D eigenvalue weighted by Crippen LogP contribution is 2.19. The number of hydrogen-bond acceptors (Lipinski definition) is 6. The number of nitrogens with zero attached hydrogens (tertiary/aromatic N) is 3. The van der Waals surface area contributed by atoms with Crippen molar-refractivity contribution in [3.8, 4) is 0 Å². The Kier molecular flexibility index (Phi) is 4.92. The molecule has 0 saturated carbocycles. The van der Waals surface area contributed by atoms with Crippen LogP contribution in [-0.4, -0.2) is 41.3 Å². The van der Waals surface area contributed by atoms with Crippen LogP contribution in [0, 0.1) is 6.92 Å². The van der Waals surface area contributed by atoms with Gasteiger partial charge in [0.2, 0.25) is 5.78 Å². The van der Waals surface area contributed by atoms with Crippen molar-refractivity contribution in [2.24, 2.45) is 4.99 Å². The van der Waals surface area contributed by atoms with Crippen LogP contribution < -0.4 is 5.32 Å². The van der Waals surface area contributed by atoms with Gasteiger partial charge in [0.05, 0.1) is 25.3 Å². The van der Waals surface area contributed by atoms with Gasteiger partial charge < -0.3 is 14.6 Å². The molecule has 3 rings (SSSR count). The van der Waals surface area contributed by atoms with Crippen molar-refractivity contribution in [2.45, 2.75) is 26.3 Å². The third-order valence-corrected chi connectivity index (χ3v) is 4.15. The van der Waals surface area contributed by atoms with Crippen molar-refractivity contribution in [1.82, 2.24) is 9.55 Å². The molecule has 0 spiro atoms. The van der Waals surface area contributed by atoms with Gasteiger partial charge in [0.25, 0.3) is 0 Å². The quantitative estimate of drug-likeness (QED) is 0.844. The van der Waals surface area contributed by atoms with Crippen LogP contribution in [0.3, 0.4) is 0 Å². The van der Waals surface area contributed by atoms with Gasteiger partial charge in [0, 0.05) is 6.54 Å². The number of esters is 1. The molecule has 0 aliphatic carbocycles. The second kappa shape index (κ2) is 7.29. The van der Waals surface area contributed by atoms with Gasteiger partial charge >= 0.3 is 5.97 Å². The van der Waals surface area contributed by atoms with Gasteiger partial charge in [-0.25, -0.2) is 9.78 Å². The molecule has 2 heterocycles. The molecule has 0 unspecified atom stereocenters. The van der Waals surface area contributed by atoms with Crippen LogP contribution in [0.1, 0.15) is 38.4 Å². The molecule has 7 nitrogen and oxygen atoms in total. The summed E-state index contributed by atoms with van der Waals surface area (Å²) in [6, 6.07) is 5.80. The third kappa shape index (κ3) is 3.60. The molecule has 1 N–H and O–H groups in total. The van der Waals surface area contributed by atoms with Gasteiger partial charge in [-0.3, -0.25) is 9.79 Å². The first-order chi connectivity index (χ1) is 12.1. The first-order valence-electron chi connectivity index (χ1n) is 8.11. The van der Waals surface area contributed by atoms with Gasteiger partial charge in [-0.15, -0.1) is 0 Å². The maximum Gasteiger partial charge on any atom is 0.338 e. The van der Waals surface area contributed by atoms with Gasteiger partial charge in [-0.05, 0) is 31.4 Å². The minimum absolute atomic E-state index is 0.0958. The highest BCUT2D eigenvalue weighted by molar-refractivity contribution is 6.04. The summed E-state index contributed by atoms with van der Waals surface area (Å²) in [6.07, 6.45) is 4.70. The fraction of sp³-hybridized carbons (Fsp3) is 0.333. The maximum absolute atomic E-state index is 11.9. The Balaban J connectivity index is 1.71. The fourth-order valence-electron chi connectivity index (χ4n) is 2.87. The smallest absolute Gasteiger partial charge is 0.338 e. The van der Waals surface area contributed by atoms with Crippen LogP contribution in [0.4, 0.5) is 5.82 Å². The monoisotopic (exact) mass is 340 g/mol. The molecule has 1 aliphatic heterocycles. The Bertz CT molecular complexity index is 839. The lowest BCUT2D eigenvalue weighted by Crippen LogP contribution is -2.09. The molecular formula is C18H20N4O3. The van der Waals surface area contributed by atoms with E-state index in [4.69, 9.17) is 4.74 Å². The molecule has 1 aromatic carbocycles. The number of hydrogen-bond donors (Lipinski definition) is 1. The minimum atomic E-state index is -0.321. The number of aromatic nitrogens is 2. The van der Waals surface area contributed by atoms with Gasteiger partial charge in [-0.2, -0.15) is 0 Å². The molecule has 7 heteroatoms. The molecule has 0 fully saturated rings. The summed E-state index contributed by atoms with van der Waals surface area (Å²) in [5.74, 6) is 0.253. The zero-order chi connectivity index (χ0) is 17.8. The Morgan fingerprint density at radius 1 is 1.40 bits per heavy atom. The van der Waals surface area contributed by atoms with Crippen LogP contribution in [0.5, 0.6) is 0 Å². The highest BCUT2D eigenvalue weighted by atomic mass is 16.5. The molecule has 0 bridgehead atoms. The largest absolute Gasteiger partial charge is 0.465 e. The molecule has 0 amide bonds. The van der Waals surface area contributed by atoms with Gasteiger partial charge in [0.15, 0.2) is 5.69 Å². The molecule has 0 radical (unpaired) electrons. The Hall–Kier alpha value is -2.96. The van der Waals surface area contributed by atoms with E-state index in [-0.39, 0.29) is 18.3 Å². The van der Waals surface area contributed by atoms with E-state index in [2.05, 4.69) is 15.3 Å². The summed E-state index contributed by atoms with van der Waals surface area (Å²) in [5.41, 5.74) is 3.00. The van der Waals surface area contributed by atoms with E-state index in [1.54, 1.807) is 6.33 Å².